The van der Waals surface area contributed by atoms with Gasteiger partial charge in [-0.25, -0.2) is 4.79 Å². The van der Waals surface area contributed by atoms with Crippen molar-refractivity contribution in [2.75, 3.05) is 19.6 Å². The summed E-state index contributed by atoms with van der Waals surface area (Å²) in [6.45, 7) is 8.54. The van der Waals surface area contributed by atoms with Crippen molar-refractivity contribution < 1.29 is 9.53 Å². The molecule has 1 aliphatic carbocycles. The van der Waals surface area contributed by atoms with E-state index in [2.05, 4.69) is 10.6 Å². The van der Waals surface area contributed by atoms with E-state index in [1.165, 1.54) is 12.8 Å². The number of hydrogen-bond acceptors (Lipinski definition) is 3. The molecule has 1 saturated carbocycles. The molecule has 2 aliphatic rings. The van der Waals surface area contributed by atoms with Crippen molar-refractivity contribution >= 4 is 6.09 Å². The van der Waals surface area contributed by atoms with Gasteiger partial charge in [0.1, 0.15) is 5.60 Å². The van der Waals surface area contributed by atoms with Gasteiger partial charge in [-0.05, 0) is 46.1 Å². The molecule has 4 nitrogen and oxygen atoms in total. The maximum absolute atomic E-state index is 11.5. The standard InChI is InChI=1S/C12H22N2O2/c1-11(2,3)16-10(15)14-8-12-5-4-9(12)6-13-7-12/h9,13H,4-8H2,1-3H3,(H,14,15)/t9-,12-/m0/s1. The molecule has 1 amide bonds. The third-order valence-corrected chi connectivity index (χ3v) is 3.71. The topological polar surface area (TPSA) is 50.4 Å². The molecule has 2 N–H and O–H groups in total. The first-order valence-electron chi connectivity index (χ1n) is 6.09. The van der Waals surface area contributed by atoms with Crippen LogP contribution in [0.5, 0.6) is 0 Å². The van der Waals surface area contributed by atoms with Crippen LogP contribution in [0.3, 0.4) is 0 Å². The number of amides is 1. The Balaban J connectivity index is 1.77. The summed E-state index contributed by atoms with van der Waals surface area (Å²) in [6.07, 6.45) is 2.23. The van der Waals surface area contributed by atoms with E-state index in [1.54, 1.807) is 0 Å². The van der Waals surface area contributed by atoms with Crippen LogP contribution in [0.25, 0.3) is 0 Å². The Kier molecular flexibility index (Phi) is 2.86. The summed E-state index contributed by atoms with van der Waals surface area (Å²) in [6, 6.07) is 0. The molecule has 0 aromatic carbocycles. The summed E-state index contributed by atoms with van der Waals surface area (Å²) in [5, 5.41) is 6.31. The number of carbonyl (C=O) groups is 1. The van der Waals surface area contributed by atoms with E-state index < -0.39 is 5.60 Å². The Labute approximate surface area is 97.1 Å². The molecule has 0 spiro atoms. The van der Waals surface area contributed by atoms with Crippen LogP contribution in [-0.4, -0.2) is 31.3 Å². The Morgan fingerprint density at radius 1 is 1.56 bits per heavy atom. The SMILES string of the molecule is CC(C)(C)OC(=O)NC[C@@]12CC[C@H]1CNC2. The van der Waals surface area contributed by atoms with Gasteiger partial charge in [-0.1, -0.05) is 0 Å². The summed E-state index contributed by atoms with van der Waals surface area (Å²) >= 11 is 0. The second-order valence-electron chi connectivity index (χ2n) is 6.08. The lowest BCUT2D eigenvalue weighted by molar-refractivity contribution is 0.0397. The smallest absolute Gasteiger partial charge is 0.407 e. The molecule has 0 aromatic heterocycles. The molecule has 92 valence electrons. The van der Waals surface area contributed by atoms with E-state index >= 15 is 0 Å². The highest BCUT2D eigenvalue weighted by molar-refractivity contribution is 5.67. The predicted molar refractivity (Wildman–Crippen MR) is 62.3 cm³/mol. The maximum Gasteiger partial charge on any atom is 0.407 e. The summed E-state index contributed by atoms with van der Waals surface area (Å²) in [5.41, 5.74) is -0.0917. The number of ether oxygens (including phenoxy) is 1. The van der Waals surface area contributed by atoms with Crippen LogP contribution in [0.15, 0.2) is 0 Å². The average Bonchev–Trinajstić information content (AvgIpc) is 2.37. The van der Waals surface area contributed by atoms with Crippen LogP contribution < -0.4 is 10.6 Å². The van der Waals surface area contributed by atoms with Gasteiger partial charge in [0.2, 0.25) is 0 Å². The Morgan fingerprint density at radius 2 is 2.31 bits per heavy atom. The van der Waals surface area contributed by atoms with E-state index in [9.17, 15) is 4.79 Å². The van der Waals surface area contributed by atoms with Crippen molar-refractivity contribution in [2.45, 2.75) is 39.2 Å². The molecule has 2 fully saturated rings. The molecule has 2 rings (SSSR count). The normalized spacial score (nSPS) is 32.8. The minimum atomic E-state index is -0.408. The highest BCUT2D eigenvalue weighted by atomic mass is 16.6. The summed E-state index contributed by atoms with van der Waals surface area (Å²) in [7, 11) is 0. The van der Waals surface area contributed by atoms with Gasteiger partial charge >= 0.3 is 6.09 Å². The van der Waals surface area contributed by atoms with E-state index in [1.807, 2.05) is 20.8 Å². The number of hydrogen-bond donors (Lipinski definition) is 2. The quantitative estimate of drug-likeness (QED) is 0.750. The first-order valence-corrected chi connectivity index (χ1v) is 6.09. The lowest BCUT2D eigenvalue weighted by atomic mass is 9.62. The second-order valence-corrected chi connectivity index (χ2v) is 6.08. The fourth-order valence-corrected chi connectivity index (χ4v) is 2.66. The zero-order valence-electron chi connectivity index (χ0n) is 10.4. The van der Waals surface area contributed by atoms with E-state index in [0.717, 1.165) is 25.6 Å². The molecule has 4 heteroatoms. The number of alkyl carbamates (subject to hydrolysis) is 1. The maximum atomic E-state index is 11.5. The molecule has 16 heavy (non-hydrogen) atoms. The lowest BCUT2D eigenvalue weighted by Crippen LogP contribution is -2.49. The summed E-state index contributed by atoms with van der Waals surface area (Å²) in [5.74, 6) is 0.752. The lowest BCUT2D eigenvalue weighted by Gasteiger charge is -2.44. The fourth-order valence-electron chi connectivity index (χ4n) is 2.66. The minimum Gasteiger partial charge on any atom is -0.444 e. The average molecular weight is 226 g/mol. The third-order valence-electron chi connectivity index (χ3n) is 3.71. The molecule has 0 aromatic rings. The third kappa shape index (κ3) is 2.32. The van der Waals surface area contributed by atoms with Gasteiger partial charge in [0.25, 0.3) is 0 Å². The van der Waals surface area contributed by atoms with Crippen molar-refractivity contribution in [3.8, 4) is 0 Å². The van der Waals surface area contributed by atoms with E-state index in [0.29, 0.717) is 5.41 Å². The van der Waals surface area contributed by atoms with Gasteiger partial charge in [0.05, 0.1) is 0 Å². The molecule has 1 saturated heterocycles. The van der Waals surface area contributed by atoms with Crippen molar-refractivity contribution in [2.24, 2.45) is 11.3 Å². The molecule has 2 atom stereocenters. The Hall–Kier alpha value is -0.770. The monoisotopic (exact) mass is 226 g/mol. The van der Waals surface area contributed by atoms with Gasteiger partial charge < -0.3 is 15.4 Å². The first-order chi connectivity index (χ1) is 7.41. The summed E-state index contributed by atoms with van der Waals surface area (Å²) in [4.78, 5) is 11.5. The van der Waals surface area contributed by atoms with Crippen LogP contribution in [0.2, 0.25) is 0 Å². The molecule has 0 radical (unpaired) electrons. The van der Waals surface area contributed by atoms with Crippen LogP contribution in [0.4, 0.5) is 4.79 Å². The van der Waals surface area contributed by atoms with Gasteiger partial charge in [0, 0.05) is 18.5 Å². The van der Waals surface area contributed by atoms with Crippen LogP contribution in [-0.2, 0) is 4.74 Å². The zero-order chi connectivity index (χ0) is 11.8. The largest absolute Gasteiger partial charge is 0.444 e. The molecule has 1 heterocycles. The number of rotatable bonds is 2. The van der Waals surface area contributed by atoms with Crippen LogP contribution in [0, 0.1) is 11.3 Å². The number of fused-ring (bicyclic) bond motifs is 1. The Bertz CT molecular complexity index is 285. The minimum absolute atomic E-state index is 0.292. The van der Waals surface area contributed by atoms with Gasteiger partial charge in [0.15, 0.2) is 0 Å². The van der Waals surface area contributed by atoms with Gasteiger partial charge in [-0.3, -0.25) is 0 Å². The highest BCUT2D eigenvalue weighted by Gasteiger charge is 2.49. The van der Waals surface area contributed by atoms with Gasteiger partial charge in [-0.2, -0.15) is 0 Å². The fraction of sp³-hybridized carbons (Fsp3) is 0.917. The summed E-state index contributed by atoms with van der Waals surface area (Å²) < 4.78 is 5.23. The number of nitrogens with one attached hydrogen (secondary N) is 2. The predicted octanol–water partition coefficient (Wildman–Crippen LogP) is 1.51. The van der Waals surface area contributed by atoms with Crippen molar-refractivity contribution in [3.63, 3.8) is 0 Å². The van der Waals surface area contributed by atoms with Crippen molar-refractivity contribution in [1.82, 2.24) is 10.6 Å². The molecule has 1 aliphatic heterocycles. The Morgan fingerprint density at radius 3 is 2.81 bits per heavy atom. The van der Waals surface area contributed by atoms with E-state index in [-0.39, 0.29) is 6.09 Å². The van der Waals surface area contributed by atoms with Crippen LogP contribution >= 0.6 is 0 Å². The van der Waals surface area contributed by atoms with Gasteiger partial charge in [-0.15, -0.1) is 0 Å². The van der Waals surface area contributed by atoms with E-state index in [4.69, 9.17) is 4.74 Å². The second kappa shape index (κ2) is 3.91. The first kappa shape index (κ1) is 11.7. The van der Waals surface area contributed by atoms with Crippen molar-refractivity contribution in [1.29, 1.82) is 0 Å². The number of carbonyl (C=O) groups excluding carboxylic acids is 1. The molecule has 0 unspecified atom stereocenters. The molecular formula is C12H22N2O2. The van der Waals surface area contributed by atoms with Crippen molar-refractivity contribution in [3.05, 3.63) is 0 Å². The van der Waals surface area contributed by atoms with Crippen LogP contribution in [0.1, 0.15) is 33.6 Å². The molecule has 0 bridgehead atoms. The zero-order valence-corrected chi connectivity index (χ0v) is 10.4. The highest BCUT2D eigenvalue weighted by Crippen LogP contribution is 2.48. The molecular weight excluding hydrogens is 204 g/mol.